The van der Waals surface area contributed by atoms with E-state index in [9.17, 15) is 13.6 Å². The van der Waals surface area contributed by atoms with Crippen molar-refractivity contribution in [1.29, 1.82) is 0 Å². The van der Waals surface area contributed by atoms with E-state index in [1.165, 1.54) is 19.4 Å². The fourth-order valence-electron chi connectivity index (χ4n) is 1.36. The first-order valence-corrected chi connectivity index (χ1v) is 4.19. The predicted molar refractivity (Wildman–Crippen MR) is 44.4 cm³/mol. The highest BCUT2D eigenvalue weighted by molar-refractivity contribution is 5.77. The molecule has 1 aromatic heterocycles. The van der Waals surface area contributed by atoms with Gasteiger partial charge < -0.3 is 5.32 Å². The van der Waals surface area contributed by atoms with E-state index in [1.807, 2.05) is 0 Å². The lowest BCUT2D eigenvalue weighted by Crippen LogP contribution is -2.25. The maximum atomic E-state index is 12.7. The van der Waals surface area contributed by atoms with Crippen LogP contribution in [0.3, 0.4) is 0 Å². The van der Waals surface area contributed by atoms with Gasteiger partial charge in [-0.3, -0.25) is 4.57 Å². The number of aromatic nitrogens is 2. The second-order valence-corrected chi connectivity index (χ2v) is 3.23. The van der Waals surface area contributed by atoms with Gasteiger partial charge in [-0.25, -0.2) is 18.6 Å². The van der Waals surface area contributed by atoms with Crippen molar-refractivity contribution in [3.8, 4) is 0 Å². The Hall–Kier alpha value is -1.46. The fourth-order valence-corrected chi connectivity index (χ4v) is 1.36. The van der Waals surface area contributed by atoms with Gasteiger partial charge in [-0.2, -0.15) is 0 Å². The Kier molecular flexibility index (Phi) is 1.80. The van der Waals surface area contributed by atoms with E-state index >= 15 is 0 Å². The number of carbonyl (C=O) groups excluding carboxylic acids is 1. The molecular weight excluding hydrogens is 192 g/mol. The molecular formula is C8H9F2N3O. The molecule has 0 radical (unpaired) electrons. The lowest BCUT2D eigenvalue weighted by atomic mass is 10.4. The number of alkyl halides is 2. The highest BCUT2D eigenvalue weighted by Gasteiger charge is 2.60. The minimum atomic E-state index is -2.70. The molecule has 0 bridgehead atoms. The highest BCUT2D eigenvalue weighted by Crippen LogP contribution is 2.55. The van der Waals surface area contributed by atoms with E-state index < -0.39 is 17.9 Å². The summed E-state index contributed by atoms with van der Waals surface area (Å²) in [5, 5.41) is 2.36. The average Bonchev–Trinajstić information content (AvgIpc) is 2.63. The first kappa shape index (κ1) is 9.11. The van der Waals surface area contributed by atoms with Crippen molar-refractivity contribution in [2.45, 2.75) is 18.3 Å². The van der Waals surface area contributed by atoms with Crippen LogP contribution in [0.1, 0.15) is 18.2 Å². The highest BCUT2D eigenvalue weighted by atomic mass is 19.3. The number of halogens is 2. The van der Waals surface area contributed by atoms with E-state index in [0.29, 0.717) is 0 Å². The van der Waals surface area contributed by atoms with Crippen molar-refractivity contribution >= 4 is 6.03 Å². The van der Waals surface area contributed by atoms with Crippen molar-refractivity contribution in [1.82, 2.24) is 14.9 Å². The van der Waals surface area contributed by atoms with Gasteiger partial charge in [-0.1, -0.05) is 0 Å². The molecule has 1 amide bonds. The molecule has 1 heterocycles. The molecule has 1 fully saturated rings. The van der Waals surface area contributed by atoms with Gasteiger partial charge >= 0.3 is 6.03 Å². The van der Waals surface area contributed by atoms with Crippen LogP contribution in [0.4, 0.5) is 13.6 Å². The quantitative estimate of drug-likeness (QED) is 0.741. The number of rotatable bonds is 1. The summed E-state index contributed by atoms with van der Waals surface area (Å²) in [6.07, 6.45) is 2.50. The van der Waals surface area contributed by atoms with E-state index in [1.54, 1.807) is 0 Å². The number of amides is 1. The van der Waals surface area contributed by atoms with Crippen molar-refractivity contribution in [2.75, 3.05) is 7.05 Å². The molecule has 0 saturated heterocycles. The lowest BCUT2D eigenvalue weighted by molar-refractivity contribution is 0.110. The Morgan fingerprint density at radius 1 is 1.79 bits per heavy atom. The molecule has 14 heavy (non-hydrogen) atoms. The number of imidazole rings is 1. The van der Waals surface area contributed by atoms with Gasteiger partial charge in [0.05, 0.1) is 5.92 Å². The minimum Gasteiger partial charge on any atom is -0.340 e. The topological polar surface area (TPSA) is 46.9 Å². The van der Waals surface area contributed by atoms with Gasteiger partial charge in [0.1, 0.15) is 5.82 Å². The minimum absolute atomic E-state index is 0.134. The molecule has 0 aliphatic heterocycles. The summed E-state index contributed by atoms with van der Waals surface area (Å²) in [7, 11) is 1.44. The summed E-state index contributed by atoms with van der Waals surface area (Å²) in [4.78, 5) is 15.0. The standard InChI is InChI=1S/C8H9F2N3O/c1-11-7(14)13-3-2-12-6(13)5-4-8(5,9)10/h2-3,5H,4H2,1H3,(H,11,14). The van der Waals surface area contributed by atoms with Gasteiger partial charge in [-0.15, -0.1) is 0 Å². The molecule has 6 heteroatoms. The lowest BCUT2D eigenvalue weighted by Gasteiger charge is -2.04. The molecule has 0 aromatic carbocycles. The SMILES string of the molecule is CNC(=O)n1ccnc1C1CC1(F)F. The third kappa shape index (κ3) is 1.26. The number of nitrogens with one attached hydrogen (secondary N) is 1. The summed E-state index contributed by atoms with van der Waals surface area (Å²) in [5.74, 6) is -3.47. The van der Waals surface area contributed by atoms with E-state index in [0.717, 1.165) is 4.57 Å². The van der Waals surface area contributed by atoms with Crippen LogP contribution in [0.25, 0.3) is 0 Å². The van der Waals surface area contributed by atoms with Crippen LogP contribution in [0.5, 0.6) is 0 Å². The molecule has 1 atom stereocenters. The molecule has 4 nitrogen and oxygen atoms in total. The van der Waals surface area contributed by atoms with Crippen LogP contribution in [0.15, 0.2) is 12.4 Å². The Morgan fingerprint density at radius 3 is 2.93 bits per heavy atom. The Balaban J connectivity index is 2.28. The summed E-state index contributed by atoms with van der Waals surface area (Å²) in [5.41, 5.74) is 0. The monoisotopic (exact) mass is 201 g/mol. The Bertz CT molecular complexity index is 374. The Labute approximate surface area is 78.9 Å². The molecule has 1 unspecified atom stereocenters. The van der Waals surface area contributed by atoms with E-state index in [2.05, 4.69) is 10.3 Å². The van der Waals surface area contributed by atoms with Crippen LogP contribution < -0.4 is 5.32 Å². The molecule has 1 aliphatic carbocycles. The zero-order valence-corrected chi connectivity index (χ0v) is 7.50. The molecule has 76 valence electrons. The van der Waals surface area contributed by atoms with Crippen LogP contribution in [-0.4, -0.2) is 28.6 Å². The number of nitrogens with zero attached hydrogens (tertiary/aromatic N) is 2. The van der Waals surface area contributed by atoms with Gasteiger partial charge in [0.2, 0.25) is 0 Å². The second-order valence-electron chi connectivity index (χ2n) is 3.23. The smallest absolute Gasteiger partial charge is 0.326 e. The van der Waals surface area contributed by atoms with Crippen LogP contribution >= 0.6 is 0 Å². The molecule has 2 rings (SSSR count). The van der Waals surface area contributed by atoms with Crippen molar-refractivity contribution in [3.05, 3.63) is 18.2 Å². The normalized spacial score (nSPS) is 23.2. The van der Waals surface area contributed by atoms with E-state index in [-0.39, 0.29) is 12.2 Å². The summed E-state index contributed by atoms with van der Waals surface area (Å²) in [6.45, 7) is 0. The van der Waals surface area contributed by atoms with Gasteiger partial charge in [-0.05, 0) is 0 Å². The van der Waals surface area contributed by atoms with Crippen LogP contribution in [0.2, 0.25) is 0 Å². The van der Waals surface area contributed by atoms with Crippen molar-refractivity contribution < 1.29 is 13.6 Å². The number of hydrogen-bond donors (Lipinski definition) is 1. The van der Waals surface area contributed by atoms with Crippen LogP contribution in [0, 0.1) is 0 Å². The maximum Gasteiger partial charge on any atom is 0.326 e. The first-order valence-electron chi connectivity index (χ1n) is 4.19. The summed E-state index contributed by atoms with van der Waals surface area (Å²) >= 11 is 0. The fraction of sp³-hybridized carbons (Fsp3) is 0.500. The van der Waals surface area contributed by atoms with E-state index in [4.69, 9.17) is 0 Å². The first-order chi connectivity index (χ1) is 6.56. The maximum absolute atomic E-state index is 12.7. The molecule has 1 aliphatic rings. The summed E-state index contributed by atoms with van der Waals surface area (Å²) in [6, 6.07) is -0.444. The zero-order valence-electron chi connectivity index (χ0n) is 7.50. The van der Waals surface area contributed by atoms with Crippen LogP contribution in [-0.2, 0) is 0 Å². The van der Waals surface area contributed by atoms with Gasteiger partial charge in [0, 0.05) is 25.9 Å². The molecule has 1 aromatic rings. The zero-order chi connectivity index (χ0) is 10.3. The molecule has 0 spiro atoms. The molecule has 1 saturated carbocycles. The van der Waals surface area contributed by atoms with Crippen molar-refractivity contribution in [2.24, 2.45) is 0 Å². The van der Waals surface area contributed by atoms with Gasteiger partial charge in [0.25, 0.3) is 5.92 Å². The molecule has 1 N–H and O–H groups in total. The second kappa shape index (κ2) is 2.76. The van der Waals surface area contributed by atoms with Crippen molar-refractivity contribution in [3.63, 3.8) is 0 Å². The summed E-state index contributed by atoms with van der Waals surface area (Å²) < 4.78 is 26.6. The number of carbonyl (C=O) groups is 1. The predicted octanol–water partition coefficient (Wildman–Crippen LogP) is 1.19. The third-order valence-electron chi connectivity index (χ3n) is 2.24. The number of hydrogen-bond acceptors (Lipinski definition) is 2. The van der Waals surface area contributed by atoms with Gasteiger partial charge in [0.15, 0.2) is 0 Å². The average molecular weight is 201 g/mol. The largest absolute Gasteiger partial charge is 0.340 e. The Morgan fingerprint density at radius 2 is 2.43 bits per heavy atom. The third-order valence-corrected chi connectivity index (χ3v) is 2.24.